The Morgan fingerprint density at radius 1 is 1.00 bits per heavy atom. The standard InChI is InChI=1S/C29H34N2O5/c1-3-35-29(34)30-20-14-15-23-19(16-20)17-24-25(18(2)36-28(24)33)26(23)27(32)31(21-10-6-4-7-11-21)22-12-8-5-9-13-22/h4-13,18-20,23-26H,3,14-17H2,1-2H3,(H,30,34)/t18-,19+,20-,23-,24-,25-,26+/m0/s1. The van der Waals surface area contributed by atoms with Crippen molar-refractivity contribution in [2.75, 3.05) is 11.5 Å². The van der Waals surface area contributed by atoms with Crippen molar-refractivity contribution in [1.29, 1.82) is 0 Å². The number of anilines is 2. The molecule has 7 heteroatoms. The Labute approximate surface area is 212 Å². The molecule has 1 N–H and O–H groups in total. The van der Waals surface area contributed by atoms with Crippen LogP contribution in [0.4, 0.5) is 16.2 Å². The zero-order valence-electron chi connectivity index (χ0n) is 20.8. The van der Waals surface area contributed by atoms with E-state index in [1.807, 2.05) is 72.5 Å². The smallest absolute Gasteiger partial charge is 0.407 e. The number of para-hydroxylation sites is 2. The van der Waals surface area contributed by atoms with E-state index in [9.17, 15) is 14.4 Å². The maximum absolute atomic E-state index is 14.6. The van der Waals surface area contributed by atoms with Gasteiger partial charge >= 0.3 is 12.1 Å². The van der Waals surface area contributed by atoms with E-state index in [4.69, 9.17) is 9.47 Å². The molecule has 2 aromatic carbocycles. The molecule has 2 saturated carbocycles. The Morgan fingerprint density at radius 3 is 2.25 bits per heavy atom. The van der Waals surface area contributed by atoms with Gasteiger partial charge in [-0.1, -0.05) is 36.4 Å². The van der Waals surface area contributed by atoms with Crippen LogP contribution in [0.1, 0.15) is 39.5 Å². The molecule has 2 amide bonds. The number of alkyl carbamates (subject to hydrolysis) is 1. The van der Waals surface area contributed by atoms with E-state index in [0.29, 0.717) is 13.0 Å². The average molecular weight is 491 g/mol. The summed E-state index contributed by atoms with van der Waals surface area (Å²) in [6, 6.07) is 19.4. The molecular formula is C29H34N2O5. The van der Waals surface area contributed by atoms with Crippen molar-refractivity contribution in [3.8, 4) is 0 Å². The number of hydrogen-bond acceptors (Lipinski definition) is 5. The number of amides is 2. The average Bonchev–Trinajstić information content (AvgIpc) is 3.16. The van der Waals surface area contributed by atoms with Crippen LogP contribution in [0.25, 0.3) is 0 Å². The lowest BCUT2D eigenvalue weighted by Gasteiger charge is -2.48. The molecule has 7 nitrogen and oxygen atoms in total. The van der Waals surface area contributed by atoms with E-state index in [2.05, 4.69) is 5.32 Å². The highest BCUT2D eigenvalue weighted by Crippen LogP contribution is 2.54. The van der Waals surface area contributed by atoms with Crippen LogP contribution in [0.3, 0.4) is 0 Å². The summed E-state index contributed by atoms with van der Waals surface area (Å²) in [4.78, 5) is 41.3. The summed E-state index contributed by atoms with van der Waals surface area (Å²) in [5, 5.41) is 2.98. The zero-order chi connectivity index (χ0) is 25.2. The summed E-state index contributed by atoms with van der Waals surface area (Å²) in [7, 11) is 0. The molecule has 5 rings (SSSR count). The summed E-state index contributed by atoms with van der Waals surface area (Å²) in [5.74, 6) is -0.730. The van der Waals surface area contributed by atoms with Crippen LogP contribution in [0.15, 0.2) is 60.7 Å². The van der Waals surface area contributed by atoms with E-state index >= 15 is 0 Å². The van der Waals surface area contributed by atoms with Crippen molar-refractivity contribution >= 4 is 29.3 Å². The third kappa shape index (κ3) is 4.59. The normalized spacial score (nSPS) is 30.9. The number of cyclic esters (lactones) is 1. The van der Waals surface area contributed by atoms with Gasteiger partial charge in [0.05, 0.1) is 12.5 Å². The number of hydrogen-bond donors (Lipinski definition) is 1. The third-order valence-corrected chi connectivity index (χ3v) is 8.22. The topological polar surface area (TPSA) is 84.9 Å². The van der Waals surface area contributed by atoms with Gasteiger partial charge in [0.2, 0.25) is 5.91 Å². The van der Waals surface area contributed by atoms with Crippen LogP contribution in [0.2, 0.25) is 0 Å². The van der Waals surface area contributed by atoms with Crippen LogP contribution in [0, 0.1) is 29.6 Å². The van der Waals surface area contributed by atoms with Gasteiger partial charge in [0.25, 0.3) is 0 Å². The second kappa shape index (κ2) is 10.3. The first-order valence-corrected chi connectivity index (χ1v) is 13.1. The van der Waals surface area contributed by atoms with Crippen molar-refractivity contribution in [3.63, 3.8) is 0 Å². The zero-order valence-corrected chi connectivity index (χ0v) is 20.8. The van der Waals surface area contributed by atoms with Crippen LogP contribution < -0.4 is 10.2 Å². The highest BCUT2D eigenvalue weighted by molar-refractivity contribution is 6.02. The second-order valence-electron chi connectivity index (χ2n) is 10.2. The van der Waals surface area contributed by atoms with Gasteiger partial charge in [0, 0.05) is 29.3 Å². The Kier molecular flexibility index (Phi) is 6.99. The summed E-state index contributed by atoms with van der Waals surface area (Å²) < 4.78 is 10.8. The van der Waals surface area contributed by atoms with Gasteiger partial charge in [-0.25, -0.2) is 4.79 Å². The number of ether oxygens (including phenoxy) is 2. The van der Waals surface area contributed by atoms with Crippen molar-refractivity contribution in [2.45, 2.75) is 51.7 Å². The predicted octanol–water partition coefficient (Wildman–Crippen LogP) is 5.08. The first kappa shape index (κ1) is 24.3. The van der Waals surface area contributed by atoms with E-state index in [-0.39, 0.29) is 53.6 Å². The summed E-state index contributed by atoms with van der Waals surface area (Å²) in [5.41, 5.74) is 1.62. The molecule has 0 radical (unpaired) electrons. The fraction of sp³-hybridized carbons (Fsp3) is 0.483. The van der Waals surface area contributed by atoms with Crippen LogP contribution >= 0.6 is 0 Å². The molecule has 1 heterocycles. The van der Waals surface area contributed by atoms with Crippen LogP contribution in [0.5, 0.6) is 0 Å². The number of carbonyl (C=O) groups is 3. The molecule has 1 saturated heterocycles. The first-order valence-electron chi connectivity index (χ1n) is 13.1. The Bertz CT molecular complexity index is 1050. The molecule has 0 bridgehead atoms. The number of nitrogens with zero attached hydrogens (tertiary/aromatic N) is 1. The largest absolute Gasteiger partial charge is 0.462 e. The lowest BCUT2D eigenvalue weighted by molar-refractivity contribution is -0.144. The monoisotopic (exact) mass is 490 g/mol. The summed E-state index contributed by atoms with van der Waals surface area (Å²) in [6.45, 7) is 4.03. The van der Waals surface area contributed by atoms with E-state index < -0.39 is 6.09 Å². The number of benzene rings is 2. The van der Waals surface area contributed by atoms with Crippen molar-refractivity contribution in [1.82, 2.24) is 5.32 Å². The third-order valence-electron chi connectivity index (χ3n) is 8.22. The molecule has 2 aromatic rings. The van der Waals surface area contributed by atoms with Gasteiger partial charge in [-0.3, -0.25) is 14.5 Å². The van der Waals surface area contributed by atoms with Gasteiger partial charge in [-0.2, -0.15) is 0 Å². The molecule has 3 aliphatic rings. The van der Waals surface area contributed by atoms with Crippen LogP contribution in [-0.4, -0.2) is 36.7 Å². The van der Waals surface area contributed by atoms with E-state index in [1.165, 1.54) is 0 Å². The maximum atomic E-state index is 14.6. The maximum Gasteiger partial charge on any atom is 0.407 e. The van der Waals surface area contributed by atoms with Crippen molar-refractivity contribution in [3.05, 3.63) is 60.7 Å². The van der Waals surface area contributed by atoms with Crippen LogP contribution in [-0.2, 0) is 19.1 Å². The molecule has 36 heavy (non-hydrogen) atoms. The fourth-order valence-corrected chi connectivity index (χ4v) is 6.80. The Morgan fingerprint density at radius 2 is 1.64 bits per heavy atom. The number of carbonyl (C=O) groups excluding carboxylic acids is 3. The minimum absolute atomic E-state index is 0.0130. The number of fused-ring (bicyclic) bond motifs is 2. The number of nitrogens with one attached hydrogen (secondary N) is 1. The van der Waals surface area contributed by atoms with Gasteiger partial charge in [-0.05, 0) is 75.6 Å². The highest BCUT2D eigenvalue weighted by atomic mass is 16.6. The van der Waals surface area contributed by atoms with Gasteiger partial charge in [0.15, 0.2) is 0 Å². The first-order chi connectivity index (χ1) is 17.5. The quantitative estimate of drug-likeness (QED) is 0.591. The molecule has 190 valence electrons. The fourth-order valence-electron chi connectivity index (χ4n) is 6.80. The minimum Gasteiger partial charge on any atom is -0.462 e. The number of rotatable bonds is 5. The Balaban J connectivity index is 1.49. The predicted molar refractivity (Wildman–Crippen MR) is 135 cm³/mol. The minimum atomic E-state index is -0.407. The summed E-state index contributed by atoms with van der Waals surface area (Å²) in [6.07, 6.45) is 2.30. The second-order valence-corrected chi connectivity index (χ2v) is 10.2. The molecule has 3 fully saturated rings. The van der Waals surface area contributed by atoms with E-state index in [1.54, 1.807) is 6.92 Å². The van der Waals surface area contributed by atoms with Gasteiger partial charge < -0.3 is 14.8 Å². The highest BCUT2D eigenvalue weighted by Gasteiger charge is 2.58. The molecule has 0 unspecified atom stereocenters. The SMILES string of the molecule is CCOC(=O)N[C@H]1CC[C@H]2[C@H](C1)C[C@@H]1C(=O)O[C@@H](C)[C@@H]1[C@@H]2C(=O)N(c1ccccc1)c1ccccc1. The molecular weight excluding hydrogens is 456 g/mol. The molecule has 2 aliphatic carbocycles. The van der Waals surface area contributed by atoms with E-state index in [0.717, 1.165) is 30.6 Å². The number of esters is 1. The van der Waals surface area contributed by atoms with Crippen molar-refractivity contribution < 1.29 is 23.9 Å². The van der Waals surface area contributed by atoms with Crippen molar-refractivity contribution in [2.24, 2.45) is 29.6 Å². The lowest BCUT2D eigenvalue weighted by atomic mass is 9.56. The molecule has 0 aromatic heterocycles. The molecule has 1 aliphatic heterocycles. The van der Waals surface area contributed by atoms with Gasteiger partial charge in [-0.15, -0.1) is 0 Å². The Hall–Kier alpha value is -3.35. The summed E-state index contributed by atoms with van der Waals surface area (Å²) >= 11 is 0. The molecule has 0 spiro atoms. The lowest BCUT2D eigenvalue weighted by Crippen LogP contribution is -2.53. The molecule has 7 atom stereocenters. The van der Waals surface area contributed by atoms with Gasteiger partial charge in [0.1, 0.15) is 6.10 Å².